The minimum atomic E-state index is -0.123. The molecule has 0 saturated carbocycles. The number of aromatic nitrogens is 1. The second-order valence-electron chi connectivity index (χ2n) is 5.30. The van der Waals surface area contributed by atoms with E-state index < -0.39 is 0 Å². The van der Waals surface area contributed by atoms with Crippen molar-refractivity contribution in [1.82, 2.24) is 9.88 Å². The van der Waals surface area contributed by atoms with Crippen LogP contribution in [0.3, 0.4) is 0 Å². The molecule has 1 unspecified atom stereocenters. The first-order valence-corrected chi connectivity index (χ1v) is 7.52. The van der Waals surface area contributed by atoms with Gasteiger partial charge in [0.1, 0.15) is 11.9 Å². The summed E-state index contributed by atoms with van der Waals surface area (Å²) in [6, 6.07) is 12.7. The Hall–Kier alpha value is -2.76. The summed E-state index contributed by atoms with van der Waals surface area (Å²) in [5.41, 5.74) is 0.741. The third-order valence-electron chi connectivity index (χ3n) is 3.70. The van der Waals surface area contributed by atoms with E-state index in [4.69, 9.17) is 9.47 Å². The molecule has 120 valence electrons. The third kappa shape index (κ3) is 3.91. The number of ether oxygens (including phenoxy) is 2. The molecular formula is C17H19N3O3. The highest BCUT2D eigenvalue weighted by atomic mass is 16.5. The minimum Gasteiger partial charge on any atom is -0.497 e. The Balaban J connectivity index is 1.52. The summed E-state index contributed by atoms with van der Waals surface area (Å²) in [6.45, 7) is 1.22. The van der Waals surface area contributed by atoms with Gasteiger partial charge in [-0.15, -0.1) is 0 Å². The molecule has 0 bridgehead atoms. The number of hydrogen-bond acceptors (Lipinski definition) is 4. The second-order valence-corrected chi connectivity index (χ2v) is 5.30. The first kappa shape index (κ1) is 15.1. The van der Waals surface area contributed by atoms with Crippen LogP contribution in [0.25, 0.3) is 0 Å². The Bertz CT molecular complexity index is 646. The van der Waals surface area contributed by atoms with E-state index in [-0.39, 0.29) is 12.1 Å². The van der Waals surface area contributed by atoms with E-state index >= 15 is 0 Å². The SMILES string of the molecule is COc1ccc(NC(=O)N2CCC(Oc3ccccn3)C2)cc1. The van der Waals surface area contributed by atoms with Crippen LogP contribution in [0.15, 0.2) is 48.7 Å². The van der Waals surface area contributed by atoms with Crippen LogP contribution in [0.2, 0.25) is 0 Å². The zero-order valence-corrected chi connectivity index (χ0v) is 12.9. The molecule has 1 aliphatic rings. The zero-order valence-electron chi connectivity index (χ0n) is 12.9. The summed E-state index contributed by atoms with van der Waals surface area (Å²) >= 11 is 0. The maximum Gasteiger partial charge on any atom is 0.321 e. The number of urea groups is 1. The highest BCUT2D eigenvalue weighted by Crippen LogP contribution is 2.19. The first-order chi connectivity index (χ1) is 11.2. The molecule has 0 aliphatic carbocycles. The van der Waals surface area contributed by atoms with Gasteiger partial charge in [-0.2, -0.15) is 0 Å². The van der Waals surface area contributed by atoms with Crippen molar-refractivity contribution in [2.75, 3.05) is 25.5 Å². The predicted octanol–water partition coefficient (Wildman–Crippen LogP) is 2.78. The monoisotopic (exact) mass is 313 g/mol. The molecule has 1 aliphatic heterocycles. The van der Waals surface area contributed by atoms with Crippen LogP contribution in [0.1, 0.15) is 6.42 Å². The van der Waals surface area contributed by atoms with Gasteiger partial charge in [-0.25, -0.2) is 9.78 Å². The van der Waals surface area contributed by atoms with Gasteiger partial charge in [-0.1, -0.05) is 6.07 Å². The summed E-state index contributed by atoms with van der Waals surface area (Å²) in [5, 5.41) is 2.88. The fraction of sp³-hybridized carbons (Fsp3) is 0.294. The average molecular weight is 313 g/mol. The molecule has 2 aromatic rings. The standard InChI is InChI=1S/C17H19N3O3/c1-22-14-7-5-13(6-8-14)19-17(21)20-11-9-15(12-20)23-16-4-2-3-10-18-16/h2-8,10,15H,9,11-12H2,1H3,(H,19,21). The first-order valence-electron chi connectivity index (χ1n) is 7.52. The molecule has 3 rings (SSSR count). The number of nitrogens with zero attached hydrogens (tertiary/aromatic N) is 2. The molecule has 1 N–H and O–H groups in total. The highest BCUT2D eigenvalue weighted by molar-refractivity contribution is 5.89. The number of methoxy groups -OCH3 is 1. The summed E-state index contributed by atoms with van der Waals surface area (Å²) in [7, 11) is 1.61. The number of likely N-dealkylation sites (tertiary alicyclic amines) is 1. The van der Waals surface area contributed by atoms with Crippen LogP contribution in [0, 0.1) is 0 Å². The van der Waals surface area contributed by atoms with E-state index in [9.17, 15) is 4.79 Å². The summed E-state index contributed by atoms with van der Waals surface area (Å²) < 4.78 is 10.9. The Labute approximate surface area is 135 Å². The largest absolute Gasteiger partial charge is 0.497 e. The van der Waals surface area contributed by atoms with Crippen LogP contribution >= 0.6 is 0 Å². The van der Waals surface area contributed by atoms with Gasteiger partial charge in [0.25, 0.3) is 0 Å². The van der Waals surface area contributed by atoms with Gasteiger partial charge in [0.2, 0.25) is 5.88 Å². The highest BCUT2D eigenvalue weighted by Gasteiger charge is 2.27. The van der Waals surface area contributed by atoms with Gasteiger partial charge >= 0.3 is 6.03 Å². The normalized spacial score (nSPS) is 16.9. The number of benzene rings is 1. The third-order valence-corrected chi connectivity index (χ3v) is 3.70. The van der Waals surface area contributed by atoms with E-state index in [1.807, 2.05) is 42.5 Å². The summed E-state index contributed by atoms with van der Waals surface area (Å²) in [5.74, 6) is 1.35. The van der Waals surface area contributed by atoms with Gasteiger partial charge in [0.05, 0.1) is 13.7 Å². The predicted molar refractivity (Wildman–Crippen MR) is 86.9 cm³/mol. The molecule has 23 heavy (non-hydrogen) atoms. The molecule has 2 heterocycles. The van der Waals surface area contributed by atoms with Crippen LogP contribution in [-0.4, -0.2) is 42.2 Å². The van der Waals surface area contributed by atoms with E-state index in [0.29, 0.717) is 19.0 Å². The van der Waals surface area contributed by atoms with Crippen LogP contribution < -0.4 is 14.8 Å². The quantitative estimate of drug-likeness (QED) is 0.942. The molecule has 6 nitrogen and oxygen atoms in total. The van der Waals surface area contributed by atoms with Crippen molar-refractivity contribution < 1.29 is 14.3 Å². The molecule has 6 heteroatoms. The fourth-order valence-electron chi connectivity index (χ4n) is 2.47. The molecule has 1 saturated heterocycles. The fourth-order valence-corrected chi connectivity index (χ4v) is 2.47. The number of carbonyl (C=O) groups excluding carboxylic acids is 1. The summed E-state index contributed by atoms with van der Waals surface area (Å²) in [6.07, 6.45) is 2.47. The maximum absolute atomic E-state index is 12.3. The Kier molecular flexibility index (Phi) is 4.61. The summed E-state index contributed by atoms with van der Waals surface area (Å²) in [4.78, 5) is 18.2. The zero-order chi connectivity index (χ0) is 16.1. The van der Waals surface area contributed by atoms with Gasteiger partial charge in [-0.05, 0) is 30.3 Å². The molecule has 1 aromatic carbocycles. The maximum atomic E-state index is 12.3. The van der Waals surface area contributed by atoms with Crippen molar-refractivity contribution in [3.8, 4) is 11.6 Å². The van der Waals surface area contributed by atoms with Crippen LogP contribution in [0.5, 0.6) is 11.6 Å². The lowest BCUT2D eigenvalue weighted by molar-refractivity contribution is 0.190. The van der Waals surface area contributed by atoms with Gasteiger partial charge in [-0.3, -0.25) is 0 Å². The van der Waals surface area contributed by atoms with Gasteiger partial charge < -0.3 is 19.7 Å². The lowest BCUT2D eigenvalue weighted by Crippen LogP contribution is -2.34. The molecule has 0 radical (unpaired) electrons. The molecule has 1 fully saturated rings. The van der Waals surface area contributed by atoms with Crippen molar-refractivity contribution in [2.45, 2.75) is 12.5 Å². The second kappa shape index (κ2) is 7.00. The number of rotatable bonds is 4. The Morgan fingerprint density at radius 2 is 2.09 bits per heavy atom. The number of pyridine rings is 1. The van der Waals surface area contributed by atoms with E-state index in [1.54, 1.807) is 18.2 Å². The Morgan fingerprint density at radius 1 is 1.26 bits per heavy atom. The smallest absolute Gasteiger partial charge is 0.321 e. The van der Waals surface area contributed by atoms with E-state index in [0.717, 1.165) is 17.9 Å². The Morgan fingerprint density at radius 3 is 2.78 bits per heavy atom. The number of nitrogens with one attached hydrogen (secondary N) is 1. The van der Waals surface area contributed by atoms with Crippen molar-refractivity contribution >= 4 is 11.7 Å². The number of carbonyl (C=O) groups is 1. The van der Waals surface area contributed by atoms with Crippen molar-refractivity contribution in [2.24, 2.45) is 0 Å². The average Bonchev–Trinajstić information content (AvgIpc) is 3.05. The lowest BCUT2D eigenvalue weighted by atomic mass is 10.3. The molecule has 2 amide bonds. The van der Waals surface area contributed by atoms with Crippen molar-refractivity contribution in [1.29, 1.82) is 0 Å². The van der Waals surface area contributed by atoms with Gasteiger partial charge in [0, 0.05) is 30.9 Å². The lowest BCUT2D eigenvalue weighted by Gasteiger charge is -2.17. The van der Waals surface area contributed by atoms with Gasteiger partial charge in [0.15, 0.2) is 0 Å². The number of hydrogen-bond donors (Lipinski definition) is 1. The van der Waals surface area contributed by atoms with E-state index in [1.165, 1.54) is 0 Å². The van der Waals surface area contributed by atoms with Crippen molar-refractivity contribution in [3.05, 3.63) is 48.7 Å². The van der Waals surface area contributed by atoms with Crippen molar-refractivity contribution in [3.63, 3.8) is 0 Å². The molecular weight excluding hydrogens is 294 g/mol. The van der Waals surface area contributed by atoms with Crippen LogP contribution in [0.4, 0.5) is 10.5 Å². The topological polar surface area (TPSA) is 63.7 Å². The number of amides is 2. The molecule has 1 aromatic heterocycles. The minimum absolute atomic E-state index is 0.0217. The van der Waals surface area contributed by atoms with E-state index in [2.05, 4.69) is 10.3 Å². The number of anilines is 1. The molecule has 0 spiro atoms. The molecule has 1 atom stereocenters. The van der Waals surface area contributed by atoms with Crippen LogP contribution in [-0.2, 0) is 0 Å².